The molecule has 0 aliphatic heterocycles. The Morgan fingerprint density at radius 1 is 1.09 bits per heavy atom. The summed E-state index contributed by atoms with van der Waals surface area (Å²) in [7, 11) is 1.62. The maximum absolute atomic E-state index is 12.5. The number of ether oxygens (including phenoxy) is 1. The molecule has 2 amide bonds. The largest absolute Gasteiger partial charge is 0.478 e. The Hall–Kier alpha value is -4.40. The SMILES string of the molecule is Cn1cc(C(=O)NC/C=C/C(=O)O)c(NC(=O)OCC2c3ccccc3-c3ccccc32)n1. The van der Waals surface area contributed by atoms with Crippen molar-refractivity contribution in [2.45, 2.75) is 5.92 Å². The number of nitrogens with zero attached hydrogens (tertiary/aromatic N) is 2. The number of carboxylic acid groups (broad SMARTS) is 1. The van der Waals surface area contributed by atoms with Gasteiger partial charge >= 0.3 is 12.1 Å². The summed E-state index contributed by atoms with van der Waals surface area (Å²) < 4.78 is 6.89. The molecule has 3 aromatic rings. The van der Waals surface area contributed by atoms with Crippen molar-refractivity contribution in [2.24, 2.45) is 7.05 Å². The van der Waals surface area contributed by atoms with Crippen molar-refractivity contribution in [1.82, 2.24) is 15.1 Å². The van der Waals surface area contributed by atoms with Crippen LogP contribution in [0.1, 0.15) is 27.4 Å². The number of fused-ring (bicyclic) bond motifs is 3. The van der Waals surface area contributed by atoms with E-state index in [1.165, 1.54) is 17.0 Å². The molecule has 4 rings (SSSR count). The quantitative estimate of drug-likeness (QED) is 0.479. The number of hydrogen-bond acceptors (Lipinski definition) is 5. The lowest BCUT2D eigenvalue weighted by atomic mass is 9.98. The highest BCUT2D eigenvalue weighted by Crippen LogP contribution is 2.44. The van der Waals surface area contributed by atoms with Gasteiger partial charge in [0.2, 0.25) is 0 Å². The third-order valence-corrected chi connectivity index (χ3v) is 5.28. The van der Waals surface area contributed by atoms with Crippen LogP contribution in [-0.2, 0) is 16.6 Å². The van der Waals surface area contributed by atoms with E-state index in [-0.39, 0.29) is 30.5 Å². The summed E-state index contributed by atoms with van der Waals surface area (Å²) in [4.78, 5) is 35.4. The van der Waals surface area contributed by atoms with E-state index in [1.807, 2.05) is 36.4 Å². The second-order valence-corrected chi connectivity index (χ2v) is 7.47. The first kappa shape index (κ1) is 21.8. The number of benzene rings is 2. The molecular formula is C24H22N4O5. The smallest absolute Gasteiger partial charge is 0.412 e. The van der Waals surface area contributed by atoms with Crippen LogP contribution >= 0.6 is 0 Å². The Kier molecular flexibility index (Phi) is 6.21. The number of rotatable bonds is 7. The van der Waals surface area contributed by atoms with Crippen molar-refractivity contribution in [2.75, 3.05) is 18.5 Å². The van der Waals surface area contributed by atoms with Gasteiger partial charge in [-0.05, 0) is 22.3 Å². The molecule has 0 fully saturated rings. The average molecular weight is 446 g/mol. The second-order valence-electron chi connectivity index (χ2n) is 7.47. The molecule has 9 nitrogen and oxygen atoms in total. The van der Waals surface area contributed by atoms with Gasteiger partial charge in [0, 0.05) is 31.8 Å². The molecule has 9 heteroatoms. The number of aryl methyl sites for hydroxylation is 1. The molecule has 0 bridgehead atoms. The van der Waals surface area contributed by atoms with Gasteiger partial charge in [0.1, 0.15) is 12.2 Å². The van der Waals surface area contributed by atoms with E-state index in [0.717, 1.165) is 28.3 Å². The first-order valence-electron chi connectivity index (χ1n) is 10.3. The molecule has 0 atom stereocenters. The molecule has 1 aliphatic rings. The molecule has 0 unspecified atom stereocenters. The number of carbonyl (C=O) groups is 3. The zero-order valence-electron chi connectivity index (χ0n) is 17.8. The Morgan fingerprint density at radius 2 is 1.73 bits per heavy atom. The molecule has 0 saturated heterocycles. The lowest BCUT2D eigenvalue weighted by molar-refractivity contribution is -0.131. The lowest BCUT2D eigenvalue weighted by Crippen LogP contribution is -2.25. The molecule has 3 N–H and O–H groups in total. The summed E-state index contributed by atoms with van der Waals surface area (Å²) in [5.74, 6) is -1.65. The predicted molar refractivity (Wildman–Crippen MR) is 121 cm³/mol. The number of carbonyl (C=O) groups excluding carboxylic acids is 2. The number of carboxylic acids is 1. The summed E-state index contributed by atoms with van der Waals surface area (Å²) >= 11 is 0. The number of aromatic nitrogens is 2. The predicted octanol–water partition coefficient (Wildman–Crippen LogP) is 3.15. The summed E-state index contributed by atoms with van der Waals surface area (Å²) in [5.41, 5.74) is 4.58. The summed E-state index contributed by atoms with van der Waals surface area (Å²) in [6, 6.07) is 16.1. The van der Waals surface area contributed by atoms with Crippen molar-refractivity contribution in [3.8, 4) is 11.1 Å². The van der Waals surface area contributed by atoms with Crippen molar-refractivity contribution in [1.29, 1.82) is 0 Å². The molecule has 0 radical (unpaired) electrons. The molecular weight excluding hydrogens is 424 g/mol. The maximum atomic E-state index is 12.5. The highest BCUT2D eigenvalue weighted by molar-refractivity contribution is 6.01. The van der Waals surface area contributed by atoms with Gasteiger partial charge in [-0.15, -0.1) is 0 Å². The number of amides is 2. The van der Waals surface area contributed by atoms with Gasteiger partial charge in [0.15, 0.2) is 5.82 Å². The number of anilines is 1. The van der Waals surface area contributed by atoms with E-state index in [1.54, 1.807) is 7.05 Å². The van der Waals surface area contributed by atoms with Gasteiger partial charge in [-0.3, -0.25) is 14.8 Å². The Morgan fingerprint density at radius 3 is 2.36 bits per heavy atom. The fourth-order valence-electron chi connectivity index (χ4n) is 3.88. The average Bonchev–Trinajstić information content (AvgIpc) is 3.32. The van der Waals surface area contributed by atoms with Crippen LogP contribution in [0, 0.1) is 0 Å². The summed E-state index contributed by atoms with van der Waals surface area (Å²) in [6.07, 6.45) is 2.96. The third kappa shape index (κ3) is 4.77. The van der Waals surface area contributed by atoms with Crippen LogP contribution in [0.4, 0.5) is 10.6 Å². The summed E-state index contributed by atoms with van der Waals surface area (Å²) in [6.45, 7) is 0.151. The number of hydrogen-bond donors (Lipinski definition) is 3. The normalized spacial score (nSPS) is 12.3. The van der Waals surface area contributed by atoms with Crippen LogP contribution in [-0.4, -0.2) is 46.0 Å². The lowest BCUT2D eigenvalue weighted by Gasteiger charge is -2.14. The van der Waals surface area contributed by atoms with Gasteiger partial charge in [-0.1, -0.05) is 54.6 Å². The highest BCUT2D eigenvalue weighted by atomic mass is 16.5. The molecule has 2 aromatic carbocycles. The van der Waals surface area contributed by atoms with E-state index in [2.05, 4.69) is 27.9 Å². The van der Waals surface area contributed by atoms with Crippen molar-refractivity contribution in [3.63, 3.8) is 0 Å². The maximum Gasteiger partial charge on any atom is 0.412 e. The minimum absolute atomic E-state index is 0.0183. The van der Waals surface area contributed by atoms with E-state index >= 15 is 0 Å². The molecule has 168 valence electrons. The van der Waals surface area contributed by atoms with Crippen LogP contribution in [0.15, 0.2) is 66.9 Å². The van der Waals surface area contributed by atoms with E-state index in [0.29, 0.717) is 0 Å². The first-order chi connectivity index (χ1) is 15.9. The molecule has 1 aliphatic carbocycles. The van der Waals surface area contributed by atoms with Crippen LogP contribution in [0.2, 0.25) is 0 Å². The standard InChI is InChI=1S/C24H22N4O5/c1-28-13-19(23(31)25-12-6-11-21(29)30)22(27-28)26-24(32)33-14-20-17-9-4-2-7-15(17)16-8-3-5-10-18(16)20/h2-11,13,20H,12,14H2,1H3,(H,25,31)(H,29,30)(H,26,27,32)/b11-6+. The molecule has 33 heavy (non-hydrogen) atoms. The Bertz CT molecular complexity index is 1200. The minimum atomic E-state index is -1.11. The van der Waals surface area contributed by atoms with E-state index in [4.69, 9.17) is 9.84 Å². The van der Waals surface area contributed by atoms with E-state index < -0.39 is 18.0 Å². The van der Waals surface area contributed by atoms with E-state index in [9.17, 15) is 14.4 Å². The number of nitrogens with one attached hydrogen (secondary N) is 2. The van der Waals surface area contributed by atoms with Gasteiger partial charge < -0.3 is 15.2 Å². The Balaban J connectivity index is 1.41. The third-order valence-electron chi connectivity index (χ3n) is 5.28. The minimum Gasteiger partial charge on any atom is -0.478 e. The fourth-order valence-corrected chi connectivity index (χ4v) is 3.88. The van der Waals surface area contributed by atoms with Gasteiger partial charge in [0.25, 0.3) is 5.91 Å². The monoisotopic (exact) mass is 446 g/mol. The van der Waals surface area contributed by atoms with Gasteiger partial charge in [0.05, 0.1) is 0 Å². The van der Waals surface area contributed by atoms with Gasteiger partial charge in [-0.2, -0.15) is 5.10 Å². The molecule has 0 spiro atoms. The van der Waals surface area contributed by atoms with Crippen LogP contribution in [0.5, 0.6) is 0 Å². The topological polar surface area (TPSA) is 123 Å². The number of aliphatic carboxylic acids is 1. The van der Waals surface area contributed by atoms with Crippen molar-refractivity contribution < 1.29 is 24.2 Å². The van der Waals surface area contributed by atoms with Gasteiger partial charge in [-0.25, -0.2) is 9.59 Å². The zero-order chi connectivity index (χ0) is 23.4. The fraction of sp³-hybridized carbons (Fsp3) is 0.167. The van der Waals surface area contributed by atoms with Crippen molar-refractivity contribution in [3.05, 3.63) is 83.6 Å². The Labute approximate surface area is 189 Å². The molecule has 0 saturated carbocycles. The zero-order valence-corrected chi connectivity index (χ0v) is 17.8. The second kappa shape index (κ2) is 9.39. The highest BCUT2D eigenvalue weighted by Gasteiger charge is 2.29. The molecule has 1 aromatic heterocycles. The van der Waals surface area contributed by atoms with Crippen LogP contribution < -0.4 is 10.6 Å². The molecule has 1 heterocycles. The first-order valence-corrected chi connectivity index (χ1v) is 10.3. The van der Waals surface area contributed by atoms with Crippen molar-refractivity contribution >= 4 is 23.8 Å². The van der Waals surface area contributed by atoms with Crippen LogP contribution in [0.3, 0.4) is 0 Å². The summed E-state index contributed by atoms with van der Waals surface area (Å²) in [5, 5.41) is 17.8. The van der Waals surface area contributed by atoms with Crippen LogP contribution in [0.25, 0.3) is 11.1 Å².